The van der Waals surface area contributed by atoms with Gasteiger partial charge in [0.15, 0.2) is 9.84 Å². The molecule has 2 aliphatic rings. The molecule has 1 aromatic carbocycles. The first kappa shape index (κ1) is 14.8. The van der Waals surface area contributed by atoms with E-state index in [1.54, 1.807) is 12.1 Å². The van der Waals surface area contributed by atoms with Gasteiger partial charge < -0.3 is 4.57 Å². The molecule has 1 aliphatic heterocycles. The van der Waals surface area contributed by atoms with Crippen molar-refractivity contribution < 1.29 is 8.42 Å². The van der Waals surface area contributed by atoms with Crippen molar-refractivity contribution in [2.24, 2.45) is 7.05 Å². The molecule has 0 amide bonds. The van der Waals surface area contributed by atoms with Gasteiger partial charge in [0.1, 0.15) is 11.6 Å². The first-order valence-corrected chi connectivity index (χ1v) is 9.52. The Morgan fingerprint density at radius 1 is 1.26 bits per heavy atom. The third kappa shape index (κ3) is 2.48. The van der Waals surface area contributed by atoms with Crippen LogP contribution in [0.3, 0.4) is 0 Å². The SMILES string of the molecule is CN(Cc1nnc(C2CC2)n1C)C1CS(=O)(=O)c2ccccc21. The largest absolute Gasteiger partial charge is 0.317 e. The summed E-state index contributed by atoms with van der Waals surface area (Å²) in [6, 6.07) is 7.16. The molecule has 1 atom stereocenters. The van der Waals surface area contributed by atoms with Gasteiger partial charge in [-0.15, -0.1) is 10.2 Å². The third-order valence-electron chi connectivity index (χ3n) is 4.85. The minimum absolute atomic E-state index is 0.128. The number of aromatic nitrogens is 3. The molecule has 2 aromatic rings. The van der Waals surface area contributed by atoms with Gasteiger partial charge in [0, 0.05) is 13.0 Å². The molecule has 122 valence electrons. The normalized spacial score (nSPS) is 22.5. The van der Waals surface area contributed by atoms with E-state index in [0.717, 1.165) is 17.2 Å². The zero-order valence-corrected chi connectivity index (χ0v) is 14.1. The van der Waals surface area contributed by atoms with Crippen LogP contribution in [0.2, 0.25) is 0 Å². The Hall–Kier alpha value is -1.73. The summed E-state index contributed by atoms with van der Waals surface area (Å²) >= 11 is 0. The van der Waals surface area contributed by atoms with Crippen LogP contribution >= 0.6 is 0 Å². The van der Waals surface area contributed by atoms with Crippen LogP contribution < -0.4 is 0 Å². The van der Waals surface area contributed by atoms with E-state index >= 15 is 0 Å². The molecule has 1 unspecified atom stereocenters. The van der Waals surface area contributed by atoms with Crippen LogP contribution in [0.1, 0.15) is 42.0 Å². The molecular formula is C16H20N4O2S. The second-order valence-corrected chi connectivity index (χ2v) is 8.56. The monoisotopic (exact) mass is 332 g/mol. The fourth-order valence-electron chi connectivity index (χ4n) is 3.33. The lowest BCUT2D eigenvalue weighted by Crippen LogP contribution is -2.27. The molecule has 0 N–H and O–H groups in total. The average Bonchev–Trinajstić information content (AvgIpc) is 3.25. The number of hydrogen-bond acceptors (Lipinski definition) is 5. The molecule has 23 heavy (non-hydrogen) atoms. The molecule has 1 fully saturated rings. The number of hydrogen-bond donors (Lipinski definition) is 0. The predicted octanol–water partition coefficient (Wildman–Crippen LogP) is 1.65. The predicted molar refractivity (Wildman–Crippen MR) is 85.7 cm³/mol. The highest BCUT2D eigenvalue weighted by Gasteiger charge is 2.37. The lowest BCUT2D eigenvalue weighted by Gasteiger charge is -2.23. The van der Waals surface area contributed by atoms with Crippen molar-refractivity contribution in [3.05, 3.63) is 41.5 Å². The summed E-state index contributed by atoms with van der Waals surface area (Å²) in [5.41, 5.74) is 0.889. The first-order chi connectivity index (χ1) is 11.0. The Morgan fingerprint density at radius 2 is 2.00 bits per heavy atom. The molecule has 0 radical (unpaired) electrons. The van der Waals surface area contributed by atoms with Gasteiger partial charge in [-0.2, -0.15) is 0 Å². The van der Waals surface area contributed by atoms with Gasteiger partial charge in [0.05, 0.1) is 23.2 Å². The van der Waals surface area contributed by atoms with Crippen molar-refractivity contribution in [3.63, 3.8) is 0 Å². The van der Waals surface area contributed by atoms with E-state index in [0.29, 0.717) is 17.4 Å². The van der Waals surface area contributed by atoms with Crippen LogP contribution in [0.25, 0.3) is 0 Å². The smallest absolute Gasteiger partial charge is 0.180 e. The summed E-state index contributed by atoms with van der Waals surface area (Å²) < 4.78 is 26.7. The summed E-state index contributed by atoms with van der Waals surface area (Å²) in [5, 5.41) is 8.60. The Kier molecular flexibility index (Phi) is 3.32. The second-order valence-electron chi connectivity index (χ2n) is 6.56. The first-order valence-electron chi connectivity index (χ1n) is 7.87. The lowest BCUT2D eigenvalue weighted by molar-refractivity contribution is 0.247. The van der Waals surface area contributed by atoms with Gasteiger partial charge >= 0.3 is 0 Å². The molecule has 0 spiro atoms. The zero-order valence-electron chi connectivity index (χ0n) is 13.3. The fourth-order valence-corrected chi connectivity index (χ4v) is 5.21. The molecular weight excluding hydrogens is 312 g/mol. The van der Waals surface area contributed by atoms with Crippen LogP contribution in [0.15, 0.2) is 29.2 Å². The van der Waals surface area contributed by atoms with E-state index in [9.17, 15) is 8.42 Å². The molecule has 0 bridgehead atoms. The molecule has 7 heteroatoms. The van der Waals surface area contributed by atoms with Crippen molar-refractivity contribution in [1.29, 1.82) is 0 Å². The lowest BCUT2D eigenvalue weighted by atomic mass is 10.1. The van der Waals surface area contributed by atoms with Crippen LogP contribution in [-0.4, -0.2) is 40.9 Å². The zero-order chi connectivity index (χ0) is 16.2. The van der Waals surface area contributed by atoms with Gasteiger partial charge in [0.2, 0.25) is 0 Å². The number of benzene rings is 1. The van der Waals surface area contributed by atoms with Crippen molar-refractivity contribution in [2.75, 3.05) is 12.8 Å². The standard InChI is InChI=1S/C16H20N4O2S/c1-19(9-15-17-18-16(20(15)2)11-7-8-11)13-10-23(21,22)14-6-4-3-5-12(13)14/h3-6,11,13H,7-10H2,1-2H3. The van der Waals surface area contributed by atoms with Crippen LogP contribution in [0.5, 0.6) is 0 Å². The highest BCUT2D eigenvalue weighted by atomic mass is 32.2. The number of nitrogens with zero attached hydrogens (tertiary/aromatic N) is 4. The molecule has 1 aromatic heterocycles. The third-order valence-corrected chi connectivity index (χ3v) is 6.65. The van der Waals surface area contributed by atoms with Gasteiger partial charge in [-0.1, -0.05) is 18.2 Å². The Morgan fingerprint density at radius 3 is 2.74 bits per heavy atom. The second kappa shape index (κ2) is 5.14. The highest BCUT2D eigenvalue weighted by Crippen LogP contribution is 2.39. The maximum atomic E-state index is 12.3. The minimum Gasteiger partial charge on any atom is -0.317 e. The molecule has 0 saturated heterocycles. The van der Waals surface area contributed by atoms with Crippen molar-refractivity contribution in [2.45, 2.75) is 36.2 Å². The minimum atomic E-state index is -3.18. The van der Waals surface area contributed by atoms with E-state index in [4.69, 9.17) is 0 Å². The maximum absolute atomic E-state index is 12.3. The topological polar surface area (TPSA) is 68.1 Å². The van der Waals surface area contributed by atoms with Crippen molar-refractivity contribution in [3.8, 4) is 0 Å². The summed E-state index contributed by atoms with van der Waals surface area (Å²) in [6.45, 7) is 0.588. The number of sulfone groups is 1. The van der Waals surface area contributed by atoms with Gasteiger partial charge in [-0.3, -0.25) is 4.90 Å². The van der Waals surface area contributed by atoms with Gasteiger partial charge in [-0.25, -0.2) is 8.42 Å². The van der Waals surface area contributed by atoms with Crippen LogP contribution in [-0.2, 0) is 23.4 Å². The van der Waals surface area contributed by atoms with E-state index in [1.165, 1.54) is 12.8 Å². The maximum Gasteiger partial charge on any atom is 0.180 e. The van der Waals surface area contributed by atoms with Crippen molar-refractivity contribution in [1.82, 2.24) is 19.7 Å². The number of fused-ring (bicyclic) bond motifs is 1. The van der Waals surface area contributed by atoms with E-state index in [-0.39, 0.29) is 11.8 Å². The molecule has 2 heterocycles. The van der Waals surface area contributed by atoms with E-state index in [2.05, 4.69) is 19.7 Å². The molecule has 1 aliphatic carbocycles. The summed E-state index contributed by atoms with van der Waals surface area (Å²) in [5.74, 6) is 2.62. The fraction of sp³-hybridized carbons (Fsp3) is 0.500. The van der Waals surface area contributed by atoms with Crippen LogP contribution in [0, 0.1) is 0 Å². The molecule has 4 rings (SSSR count). The highest BCUT2D eigenvalue weighted by molar-refractivity contribution is 7.91. The quantitative estimate of drug-likeness (QED) is 0.852. The van der Waals surface area contributed by atoms with E-state index < -0.39 is 9.84 Å². The van der Waals surface area contributed by atoms with Gasteiger partial charge in [-0.05, 0) is 31.5 Å². The Bertz CT molecular complexity index is 855. The van der Waals surface area contributed by atoms with Crippen LogP contribution in [0.4, 0.5) is 0 Å². The molecule has 1 saturated carbocycles. The Labute approximate surface area is 136 Å². The summed E-state index contributed by atoms with van der Waals surface area (Å²) in [7, 11) is 0.763. The average molecular weight is 332 g/mol. The summed E-state index contributed by atoms with van der Waals surface area (Å²) in [4.78, 5) is 2.53. The Balaban J connectivity index is 1.60. The summed E-state index contributed by atoms with van der Waals surface area (Å²) in [6.07, 6.45) is 2.38. The molecule has 6 nitrogen and oxygen atoms in total. The van der Waals surface area contributed by atoms with E-state index in [1.807, 2.05) is 26.2 Å². The van der Waals surface area contributed by atoms with Gasteiger partial charge in [0.25, 0.3) is 0 Å². The number of rotatable bonds is 4. The van der Waals surface area contributed by atoms with Crippen molar-refractivity contribution >= 4 is 9.84 Å².